The van der Waals surface area contributed by atoms with E-state index in [9.17, 15) is 14.4 Å². The summed E-state index contributed by atoms with van der Waals surface area (Å²) in [4.78, 5) is 38.1. The van der Waals surface area contributed by atoms with Crippen molar-refractivity contribution < 1.29 is 14.4 Å². The van der Waals surface area contributed by atoms with Crippen LogP contribution in [0.15, 0.2) is 12.7 Å². The Morgan fingerprint density at radius 1 is 1.46 bits per heavy atom. The highest BCUT2D eigenvalue weighted by Gasteiger charge is 2.27. The van der Waals surface area contributed by atoms with Crippen molar-refractivity contribution in [3.8, 4) is 0 Å². The van der Waals surface area contributed by atoms with Crippen LogP contribution in [0, 0.1) is 5.92 Å². The lowest BCUT2D eigenvalue weighted by atomic mass is 9.88. The van der Waals surface area contributed by atoms with Crippen LogP contribution in [0.1, 0.15) is 41.1 Å². The molecule has 3 amide bonds. The van der Waals surface area contributed by atoms with Gasteiger partial charge in [0.1, 0.15) is 11.5 Å². The predicted molar refractivity (Wildman–Crippen MR) is 95.1 cm³/mol. The van der Waals surface area contributed by atoms with Crippen molar-refractivity contribution in [1.29, 1.82) is 0 Å². The van der Waals surface area contributed by atoms with Crippen molar-refractivity contribution >= 4 is 34.1 Å². The number of thiophene rings is 1. The van der Waals surface area contributed by atoms with Crippen molar-refractivity contribution in [2.24, 2.45) is 11.7 Å². The van der Waals surface area contributed by atoms with Crippen LogP contribution in [0.25, 0.3) is 0 Å². The van der Waals surface area contributed by atoms with E-state index in [0.29, 0.717) is 23.0 Å². The quantitative estimate of drug-likeness (QED) is 0.769. The van der Waals surface area contributed by atoms with E-state index < -0.39 is 5.91 Å². The summed E-state index contributed by atoms with van der Waals surface area (Å²) in [6.45, 7) is 7.36. The van der Waals surface area contributed by atoms with E-state index in [4.69, 9.17) is 5.73 Å². The van der Waals surface area contributed by atoms with Crippen LogP contribution in [0.4, 0.5) is 5.00 Å². The normalized spacial score (nSPS) is 16.2. The zero-order chi connectivity index (χ0) is 17.9. The van der Waals surface area contributed by atoms with Crippen LogP contribution >= 0.6 is 11.3 Å². The molecule has 130 valence electrons. The number of hydrogen-bond donors (Lipinski definition) is 2. The zero-order valence-electron chi connectivity index (χ0n) is 14.1. The van der Waals surface area contributed by atoms with Gasteiger partial charge in [0.05, 0.1) is 5.56 Å². The number of nitrogens with two attached hydrogens (primary N) is 1. The van der Waals surface area contributed by atoms with E-state index in [0.717, 1.165) is 29.7 Å². The molecule has 0 aliphatic heterocycles. The first-order valence-corrected chi connectivity index (χ1v) is 8.75. The third kappa shape index (κ3) is 4.03. The van der Waals surface area contributed by atoms with Crippen LogP contribution in [0.2, 0.25) is 0 Å². The van der Waals surface area contributed by atoms with E-state index in [1.807, 2.05) is 0 Å². The van der Waals surface area contributed by atoms with Crippen molar-refractivity contribution in [3.63, 3.8) is 0 Å². The molecule has 0 bridgehead atoms. The van der Waals surface area contributed by atoms with Gasteiger partial charge in [0.2, 0.25) is 11.8 Å². The fourth-order valence-electron chi connectivity index (χ4n) is 2.90. The Morgan fingerprint density at radius 2 is 2.17 bits per heavy atom. The standard InChI is InChI=1S/C17H23N3O3S/c1-4-7-20(11(3)21)9-14(22)19-17-15(16(18)23)12-6-5-10(2)8-13(12)24-17/h4,10H,1,5-9H2,2-3H3,(H2,18,23)(H,19,22). The number of rotatable bonds is 6. The Kier molecular flexibility index (Phi) is 5.77. The topological polar surface area (TPSA) is 92.5 Å². The fraction of sp³-hybridized carbons (Fsp3) is 0.471. The SMILES string of the molecule is C=CCN(CC(=O)Nc1sc2c(c1C(N)=O)CCC(C)C2)C(C)=O. The van der Waals surface area contributed by atoms with Gasteiger partial charge in [-0.3, -0.25) is 14.4 Å². The first-order valence-electron chi connectivity index (χ1n) is 7.94. The molecular weight excluding hydrogens is 326 g/mol. The summed E-state index contributed by atoms with van der Waals surface area (Å²) in [5.74, 6) is -0.520. The van der Waals surface area contributed by atoms with Crippen molar-refractivity contribution in [2.75, 3.05) is 18.4 Å². The van der Waals surface area contributed by atoms with E-state index in [2.05, 4.69) is 18.8 Å². The lowest BCUT2D eigenvalue weighted by Crippen LogP contribution is -2.36. The predicted octanol–water partition coefficient (Wildman–Crippen LogP) is 1.94. The number of anilines is 1. The van der Waals surface area contributed by atoms with Gasteiger partial charge in [-0.15, -0.1) is 17.9 Å². The number of nitrogens with zero attached hydrogens (tertiary/aromatic N) is 1. The van der Waals surface area contributed by atoms with Crippen LogP contribution in [-0.2, 0) is 22.4 Å². The first-order chi connectivity index (χ1) is 11.3. The van der Waals surface area contributed by atoms with E-state index >= 15 is 0 Å². The second-order valence-corrected chi connectivity index (χ2v) is 7.26. The highest BCUT2D eigenvalue weighted by atomic mass is 32.1. The molecule has 3 N–H and O–H groups in total. The Balaban J connectivity index is 2.20. The first kappa shape index (κ1) is 18.2. The number of nitrogens with one attached hydrogen (secondary N) is 1. The van der Waals surface area contributed by atoms with Gasteiger partial charge in [-0.1, -0.05) is 13.0 Å². The smallest absolute Gasteiger partial charge is 0.251 e. The average Bonchev–Trinajstić information content (AvgIpc) is 2.83. The highest BCUT2D eigenvalue weighted by molar-refractivity contribution is 7.17. The van der Waals surface area contributed by atoms with Gasteiger partial charge >= 0.3 is 0 Å². The summed E-state index contributed by atoms with van der Waals surface area (Å²) >= 11 is 1.41. The summed E-state index contributed by atoms with van der Waals surface area (Å²) in [5.41, 5.74) is 6.92. The average molecular weight is 349 g/mol. The maximum absolute atomic E-state index is 12.3. The molecular formula is C17H23N3O3S. The van der Waals surface area contributed by atoms with Crippen molar-refractivity contribution in [2.45, 2.75) is 33.1 Å². The maximum Gasteiger partial charge on any atom is 0.251 e. The summed E-state index contributed by atoms with van der Waals surface area (Å²) in [6.07, 6.45) is 4.27. The molecule has 6 nitrogen and oxygen atoms in total. The summed E-state index contributed by atoms with van der Waals surface area (Å²) in [5, 5.41) is 3.25. The molecule has 2 rings (SSSR count). The highest BCUT2D eigenvalue weighted by Crippen LogP contribution is 2.39. The fourth-order valence-corrected chi connectivity index (χ4v) is 4.33. The summed E-state index contributed by atoms with van der Waals surface area (Å²) in [6, 6.07) is 0. The minimum absolute atomic E-state index is 0.0848. The van der Waals surface area contributed by atoms with Crippen molar-refractivity contribution in [3.05, 3.63) is 28.7 Å². The van der Waals surface area contributed by atoms with Gasteiger partial charge < -0.3 is 16.0 Å². The number of carbonyl (C=O) groups excluding carboxylic acids is 3. The molecule has 1 aliphatic carbocycles. The Hall–Kier alpha value is -2.15. The molecule has 0 fully saturated rings. The lowest BCUT2D eigenvalue weighted by Gasteiger charge is -2.18. The molecule has 1 aromatic rings. The third-order valence-corrected chi connectivity index (χ3v) is 5.31. The Bertz CT molecular complexity index is 681. The second kappa shape index (κ2) is 7.61. The molecule has 0 aromatic carbocycles. The van der Waals surface area contributed by atoms with Gasteiger partial charge in [0, 0.05) is 18.3 Å². The lowest BCUT2D eigenvalue weighted by molar-refractivity contribution is -0.132. The number of fused-ring (bicyclic) bond motifs is 1. The van der Waals surface area contributed by atoms with Crippen LogP contribution in [-0.4, -0.2) is 35.7 Å². The number of hydrogen-bond acceptors (Lipinski definition) is 4. The molecule has 1 aliphatic rings. The maximum atomic E-state index is 12.3. The van der Waals surface area contributed by atoms with Gasteiger partial charge in [-0.25, -0.2) is 0 Å². The van der Waals surface area contributed by atoms with Crippen LogP contribution < -0.4 is 11.1 Å². The summed E-state index contributed by atoms with van der Waals surface area (Å²) < 4.78 is 0. The van der Waals surface area contributed by atoms with Gasteiger partial charge in [0.15, 0.2) is 0 Å². The number of amides is 3. The van der Waals surface area contributed by atoms with E-state index in [-0.39, 0.29) is 18.4 Å². The minimum Gasteiger partial charge on any atom is -0.365 e. The van der Waals surface area contributed by atoms with Crippen LogP contribution in [0.3, 0.4) is 0 Å². The van der Waals surface area contributed by atoms with Crippen molar-refractivity contribution in [1.82, 2.24) is 4.90 Å². The van der Waals surface area contributed by atoms with Gasteiger partial charge in [-0.2, -0.15) is 0 Å². The molecule has 1 unspecified atom stereocenters. The molecule has 1 atom stereocenters. The molecule has 0 saturated heterocycles. The summed E-state index contributed by atoms with van der Waals surface area (Å²) in [7, 11) is 0. The molecule has 1 heterocycles. The molecule has 0 radical (unpaired) electrons. The molecule has 24 heavy (non-hydrogen) atoms. The Labute approximate surface area is 145 Å². The Morgan fingerprint density at radius 3 is 2.75 bits per heavy atom. The molecule has 7 heteroatoms. The zero-order valence-corrected chi connectivity index (χ0v) is 14.9. The molecule has 0 spiro atoms. The molecule has 1 aromatic heterocycles. The molecule has 0 saturated carbocycles. The largest absolute Gasteiger partial charge is 0.365 e. The van der Waals surface area contributed by atoms with Gasteiger partial charge in [-0.05, 0) is 30.7 Å². The monoisotopic (exact) mass is 349 g/mol. The van der Waals surface area contributed by atoms with E-state index in [1.54, 1.807) is 6.08 Å². The second-order valence-electron chi connectivity index (χ2n) is 6.16. The number of primary amides is 1. The van der Waals surface area contributed by atoms with Crippen LogP contribution in [0.5, 0.6) is 0 Å². The number of carbonyl (C=O) groups is 3. The third-order valence-electron chi connectivity index (χ3n) is 4.14. The minimum atomic E-state index is -0.521. The van der Waals surface area contributed by atoms with E-state index in [1.165, 1.54) is 23.2 Å². The van der Waals surface area contributed by atoms with Gasteiger partial charge in [0.25, 0.3) is 5.91 Å².